The first-order valence-corrected chi connectivity index (χ1v) is 11.2. The first kappa shape index (κ1) is 19.1. The summed E-state index contributed by atoms with van der Waals surface area (Å²) in [6.07, 6.45) is 7.69. The molecule has 28 heavy (non-hydrogen) atoms. The van der Waals surface area contributed by atoms with Gasteiger partial charge in [0, 0.05) is 11.5 Å². The molecule has 0 radical (unpaired) electrons. The van der Waals surface area contributed by atoms with Crippen molar-refractivity contribution >= 4 is 5.97 Å². The molecular formula is C23H34O5. The van der Waals surface area contributed by atoms with E-state index in [-0.39, 0.29) is 29.3 Å². The van der Waals surface area contributed by atoms with Crippen molar-refractivity contribution in [1.82, 2.24) is 0 Å². The molecular weight excluding hydrogens is 356 g/mol. The summed E-state index contributed by atoms with van der Waals surface area (Å²) in [6, 6.07) is 0. The van der Waals surface area contributed by atoms with Crippen molar-refractivity contribution in [2.24, 2.45) is 34.5 Å². The van der Waals surface area contributed by atoms with Crippen LogP contribution in [0.2, 0.25) is 0 Å². The molecule has 1 heterocycles. The van der Waals surface area contributed by atoms with Crippen molar-refractivity contribution in [3.8, 4) is 0 Å². The monoisotopic (exact) mass is 390 g/mol. The van der Waals surface area contributed by atoms with Gasteiger partial charge in [-0.05, 0) is 86.0 Å². The number of cyclic esters (lactones) is 1. The standard InChI is InChI=1S/C23H34O5/c1-21-7-5-15(24)10-14(21)3-4-17-18(21)11-19(25)22(2)16(6-8-23(17,22)27)13-9-20(26)28-12-13/h9,14-19,24-25,27H,3-8,10-12H2,1-2H3/t14-,15+,16-,17-,18+,19+,21+,22+,23+/m1/s1. The molecule has 0 aromatic heterocycles. The molecule has 5 rings (SSSR count). The fourth-order valence-corrected chi connectivity index (χ4v) is 8.37. The van der Waals surface area contributed by atoms with Crippen molar-refractivity contribution in [3.63, 3.8) is 0 Å². The minimum Gasteiger partial charge on any atom is -0.458 e. The predicted molar refractivity (Wildman–Crippen MR) is 103 cm³/mol. The van der Waals surface area contributed by atoms with Crippen molar-refractivity contribution in [2.45, 2.75) is 83.0 Å². The summed E-state index contributed by atoms with van der Waals surface area (Å²) in [6.45, 7) is 4.69. The normalized spacial score (nSPS) is 55.8. The van der Waals surface area contributed by atoms with E-state index in [0.29, 0.717) is 31.3 Å². The quantitative estimate of drug-likeness (QED) is 0.599. The molecule has 4 saturated carbocycles. The molecule has 0 aromatic rings. The molecule has 0 saturated heterocycles. The fraction of sp³-hybridized carbons (Fsp3) is 0.870. The highest BCUT2D eigenvalue weighted by Crippen LogP contribution is 2.69. The molecule has 0 spiro atoms. The zero-order valence-corrected chi connectivity index (χ0v) is 17.1. The van der Waals surface area contributed by atoms with Gasteiger partial charge in [0.2, 0.25) is 0 Å². The van der Waals surface area contributed by atoms with E-state index >= 15 is 0 Å². The van der Waals surface area contributed by atoms with E-state index in [0.717, 1.165) is 44.1 Å². The Balaban J connectivity index is 1.51. The summed E-state index contributed by atoms with van der Waals surface area (Å²) in [5, 5.41) is 33.7. The molecule has 4 aliphatic carbocycles. The molecule has 4 fully saturated rings. The summed E-state index contributed by atoms with van der Waals surface area (Å²) >= 11 is 0. The van der Waals surface area contributed by atoms with Gasteiger partial charge in [-0.2, -0.15) is 0 Å². The lowest BCUT2D eigenvalue weighted by molar-refractivity contribution is -0.244. The molecule has 0 bridgehead atoms. The summed E-state index contributed by atoms with van der Waals surface area (Å²) in [7, 11) is 0. The molecule has 3 N–H and O–H groups in total. The summed E-state index contributed by atoms with van der Waals surface area (Å²) < 4.78 is 5.16. The van der Waals surface area contributed by atoms with Gasteiger partial charge in [-0.3, -0.25) is 0 Å². The van der Waals surface area contributed by atoms with Crippen molar-refractivity contribution in [1.29, 1.82) is 0 Å². The van der Waals surface area contributed by atoms with Crippen LogP contribution in [0.3, 0.4) is 0 Å². The Morgan fingerprint density at radius 1 is 1.04 bits per heavy atom. The molecule has 5 heteroatoms. The lowest BCUT2D eigenvalue weighted by atomic mass is 9.42. The first-order valence-electron chi connectivity index (χ1n) is 11.2. The van der Waals surface area contributed by atoms with Crippen LogP contribution in [0.1, 0.15) is 65.2 Å². The maximum Gasteiger partial charge on any atom is 0.331 e. The average molecular weight is 391 g/mol. The number of fused-ring (bicyclic) bond motifs is 5. The topological polar surface area (TPSA) is 87.0 Å². The lowest BCUT2D eigenvalue weighted by Gasteiger charge is -2.64. The Bertz CT molecular complexity index is 718. The van der Waals surface area contributed by atoms with E-state index < -0.39 is 17.1 Å². The van der Waals surface area contributed by atoms with Gasteiger partial charge in [-0.1, -0.05) is 13.8 Å². The highest BCUT2D eigenvalue weighted by atomic mass is 16.5. The number of carbonyl (C=O) groups is 1. The third-order valence-corrected chi connectivity index (χ3v) is 10.0. The van der Waals surface area contributed by atoms with E-state index in [2.05, 4.69) is 6.92 Å². The van der Waals surface area contributed by atoms with Crippen LogP contribution < -0.4 is 0 Å². The molecule has 1 aliphatic heterocycles. The summed E-state index contributed by atoms with van der Waals surface area (Å²) in [5.41, 5.74) is -0.507. The molecule has 5 aliphatic rings. The Morgan fingerprint density at radius 2 is 1.82 bits per heavy atom. The zero-order chi connectivity index (χ0) is 19.9. The number of carbonyl (C=O) groups excluding carboxylic acids is 1. The number of rotatable bonds is 1. The van der Waals surface area contributed by atoms with Crippen molar-refractivity contribution in [2.75, 3.05) is 6.61 Å². The van der Waals surface area contributed by atoms with E-state index in [1.54, 1.807) is 6.08 Å². The van der Waals surface area contributed by atoms with Gasteiger partial charge < -0.3 is 20.1 Å². The van der Waals surface area contributed by atoms with Crippen LogP contribution in [0.15, 0.2) is 11.6 Å². The maximum atomic E-state index is 12.1. The SMILES string of the molecule is C[C@]12CC[C@H](O)C[C@H]1CC[C@@H]1[C@@H]2C[C@H](O)[C@]2(C)[C@@H](C3=CC(=O)OC3)CC[C@]12O. The van der Waals surface area contributed by atoms with Gasteiger partial charge in [0.1, 0.15) is 6.61 Å². The van der Waals surface area contributed by atoms with E-state index in [1.807, 2.05) is 6.92 Å². The van der Waals surface area contributed by atoms with Gasteiger partial charge in [0.25, 0.3) is 0 Å². The van der Waals surface area contributed by atoms with Gasteiger partial charge >= 0.3 is 5.97 Å². The Kier molecular flexibility index (Phi) is 4.12. The number of aliphatic hydroxyl groups excluding tert-OH is 2. The zero-order valence-electron chi connectivity index (χ0n) is 17.1. The molecule has 0 aromatic carbocycles. The minimum absolute atomic E-state index is 0.00129. The summed E-state index contributed by atoms with van der Waals surface area (Å²) in [5.74, 6) is 0.657. The van der Waals surface area contributed by atoms with E-state index in [9.17, 15) is 20.1 Å². The van der Waals surface area contributed by atoms with Crippen LogP contribution in [0.4, 0.5) is 0 Å². The largest absolute Gasteiger partial charge is 0.458 e. The second-order valence-electron chi connectivity index (χ2n) is 10.8. The van der Waals surface area contributed by atoms with Crippen molar-refractivity contribution in [3.05, 3.63) is 11.6 Å². The minimum atomic E-state index is -0.906. The van der Waals surface area contributed by atoms with Gasteiger partial charge in [0.05, 0.1) is 17.8 Å². The Hall–Kier alpha value is -0.910. The highest BCUT2D eigenvalue weighted by molar-refractivity contribution is 5.85. The maximum absolute atomic E-state index is 12.1. The van der Waals surface area contributed by atoms with Crippen LogP contribution >= 0.6 is 0 Å². The first-order chi connectivity index (χ1) is 13.2. The summed E-state index contributed by atoms with van der Waals surface area (Å²) in [4.78, 5) is 11.6. The van der Waals surface area contributed by atoms with Gasteiger partial charge in [0.15, 0.2) is 0 Å². The van der Waals surface area contributed by atoms with Crippen LogP contribution in [0, 0.1) is 34.5 Å². The molecule has 156 valence electrons. The molecule has 0 unspecified atom stereocenters. The van der Waals surface area contributed by atoms with Crippen molar-refractivity contribution < 1.29 is 24.9 Å². The third kappa shape index (κ3) is 2.27. The van der Waals surface area contributed by atoms with Crippen LogP contribution in [-0.2, 0) is 9.53 Å². The number of ether oxygens (including phenoxy) is 1. The lowest BCUT2D eigenvalue weighted by Crippen LogP contribution is -2.67. The van der Waals surface area contributed by atoms with E-state index in [4.69, 9.17) is 4.74 Å². The highest BCUT2D eigenvalue weighted by Gasteiger charge is 2.70. The predicted octanol–water partition coefficient (Wildman–Crippen LogP) is 2.58. The molecule has 5 nitrogen and oxygen atoms in total. The average Bonchev–Trinajstić information content (AvgIpc) is 3.19. The number of aliphatic hydroxyl groups is 3. The number of hydrogen-bond donors (Lipinski definition) is 3. The number of esters is 1. The molecule has 0 amide bonds. The van der Waals surface area contributed by atoms with Gasteiger partial charge in [-0.15, -0.1) is 0 Å². The second kappa shape index (κ2) is 6.05. The van der Waals surface area contributed by atoms with Crippen LogP contribution in [0.25, 0.3) is 0 Å². The molecule has 9 atom stereocenters. The number of hydrogen-bond acceptors (Lipinski definition) is 5. The second-order valence-corrected chi connectivity index (χ2v) is 10.8. The van der Waals surface area contributed by atoms with Crippen LogP contribution in [-0.4, -0.2) is 45.7 Å². The Morgan fingerprint density at radius 3 is 2.54 bits per heavy atom. The smallest absolute Gasteiger partial charge is 0.331 e. The van der Waals surface area contributed by atoms with E-state index in [1.165, 1.54) is 0 Å². The van der Waals surface area contributed by atoms with Gasteiger partial charge in [-0.25, -0.2) is 4.79 Å². The fourth-order valence-electron chi connectivity index (χ4n) is 8.37. The van der Waals surface area contributed by atoms with Crippen LogP contribution in [0.5, 0.6) is 0 Å². The Labute approximate surface area is 167 Å². The third-order valence-electron chi connectivity index (χ3n) is 10.0.